The minimum Gasteiger partial charge on any atom is -0.354 e. The summed E-state index contributed by atoms with van der Waals surface area (Å²) in [4.78, 5) is 23.1. The molecule has 1 atom stereocenters. The molecule has 0 aliphatic carbocycles. The van der Waals surface area contributed by atoms with E-state index in [1.165, 1.54) is 11.8 Å². The lowest BCUT2D eigenvalue weighted by Crippen LogP contribution is -2.24. The molecule has 0 unspecified atom stereocenters. The second-order valence-electron chi connectivity index (χ2n) is 5.75. The molecule has 1 amide bonds. The molecule has 0 saturated carbocycles. The molecule has 0 aromatic carbocycles. The molecule has 0 radical (unpaired) electrons. The first-order chi connectivity index (χ1) is 11.5. The van der Waals surface area contributed by atoms with Crippen molar-refractivity contribution in [3.63, 3.8) is 0 Å². The molecule has 7 heteroatoms. The van der Waals surface area contributed by atoms with E-state index in [0.717, 1.165) is 11.4 Å². The maximum Gasteiger partial charge on any atom is 0.257 e. The van der Waals surface area contributed by atoms with E-state index in [0.29, 0.717) is 48.1 Å². The summed E-state index contributed by atoms with van der Waals surface area (Å²) in [5, 5.41) is 3.42. The predicted octanol–water partition coefficient (Wildman–Crippen LogP) is 2.66. The number of alkyl halides is 1. The zero-order valence-corrected chi connectivity index (χ0v) is 14.1. The molecule has 24 heavy (non-hydrogen) atoms. The fourth-order valence-corrected chi connectivity index (χ4v) is 3.36. The average Bonchev–Trinajstić information content (AvgIpc) is 3.01. The Labute approximate surface area is 144 Å². The van der Waals surface area contributed by atoms with Crippen LogP contribution in [0.15, 0.2) is 47.1 Å². The summed E-state index contributed by atoms with van der Waals surface area (Å²) in [7, 11) is 0. The topological polar surface area (TPSA) is 57.6 Å². The second kappa shape index (κ2) is 7.17. The van der Waals surface area contributed by atoms with Gasteiger partial charge in [-0.05, 0) is 18.6 Å². The minimum absolute atomic E-state index is 0.196. The Bertz CT molecular complexity index is 701. The molecule has 0 bridgehead atoms. The Hall–Kier alpha value is -2.15. The van der Waals surface area contributed by atoms with Crippen LogP contribution in [0.1, 0.15) is 18.4 Å². The summed E-state index contributed by atoms with van der Waals surface area (Å²) in [6.07, 6.45) is 2.04. The Balaban J connectivity index is 1.82. The van der Waals surface area contributed by atoms with E-state index in [2.05, 4.69) is 28.5 Å². The number of thioether (sulfide) groups is 1. The highest BCUT2D eigenvalue weighted by molar-refractivity contribution is 8.18. The lowest BCUT2D eigenvalue weighted by atomic mass is 10.3. The standard InChI is InChI=1S/C17H19FN4OS/c1-11-5-7-19-16(23)12(2)24-17(21-11)13-3-4-15(20-9-13)22-8-6-14(18)10-22/h3-4,9,14H,1-2,5-8,10H2,(H,19,23)/b21-17-/t14-/m0/s1. The fourth-order valence-electron chi connectivity index (χ4n) is 2.55. The number of hydrogen-bond donors (Lipinski definition) is 1. The van der Waals surface area contributed by atoms with Crippen LogP contribution in [0, 0.1) is 0 Å². The molecule has 1 aromatic rings. The van der Waals surface area contributed by atoms with E-state index in [1.54, 1.807) is 6.20 Å². The van der Waals surface area contributed by atoms with Crippen molar-refractivity contribution < 1.29 is 9.18 Å². The molecule has 1 aromatic heterocycles. The van der Waals surface area contributed by atoms with Crippen molar-refractivity contribution in [2.45, 2.75) is 19.0 Å². The summed E-state index contributed by atoms with van der Waals surface area (Å²) in [6.45, 7) is 9.27. The summed E-state index contributed by atoms with van der Waals surface area (Å²) in [5.41, 5.74) is 1.48. The van der Waals surface area contributed by atoms with Crippen molar-refractivity contribution in [2.24, 2.45) is 4.99 Å². The van der Waals surface area contributed by atoms with Crippen molar-refractivity contribution in [3.05, 3.63) is 47.7 Å². The Morgan fingerprint density at radius 1 is 1.38 bits per heavy atom. The van der Waals surface area contributed by atoms with E-state index in [-0.39, 0.29) is 5.91 Å². The summed E-state index contributed by atoms with van der Waals surface area (Å²) in [6, 6.07) is 3.74. The molecule has 0 spiro atoms. The molecule has 2 aliphatic rings. The second-order valence-corrected chi connectivity index (χ2v) is 6.83. The van der Waals surface area contributed by atoms with Crippen LogP contribution >= 0.6 is 11.8 Å². The summed E-state index contributed by atoms with van der Waals surface area (Å²) >= 11 is 1.21. The Morgan fingerprint density at radius 3 is 2.88 bits per heavy atom. The third-order valence-corrected chi connectivity index (χ3v) is 4.83. The number of carbonyl (C=O) groups excluding carboxylic acids is 1. The van der Waals surface area contributed by atoms with Gasteiger partial charge in [0.1, 0.15) is 17.0 Å². The molecular weight excluding hydrogens is 327 g/mol. The maximum atomic E-state index is 13.3. The first-order valence-electron chi connectivity index (χ1n) is 7.80. The van der Waals surface area contributed by atoms with Crippen molar-refractivity contribution in [3.8, 4) is 0 Å². The average molecular weight is 346 g/mol. The van der Waals surface area contributed by atoms with E-state index in [1.807, 2.05) is 17.0 Å². The molecule has 1 saturated heterocycles. The maximum absolute atomic E-state index is 13.3. The van der Waals surface area contributed by atoms with Crippen molar-refractivity contribution in [2.75, 3.05) is 24.5 Å². The zero-order chi connectivity index (χ0) is 17.1. The number of pyridine rings is 1. The number of aromatic nitrogens is 1. The van der Waals surface area contributed by atoms with Crippen LogP contribution in [0.3, 0.4) is 0 Å². The largest absolute Gasteiger partial charge is 0.354 e. The van der Waals surface area contributed by atoms with Crippen molar-refractivity contribution in [1.82, 2.24) is 10.3 Å². The number of hydrogen-bond acceptors (Lipinski definition) is 5. The van der Waals surface area contributed by atoms with Gasteiger partial charge in [0.15, 0.2) is 0 Å². The molecule has 1 N–H and O–H groups in total. The van der Waals surface area contributed by atoms with E-state index in [4.69, 9.17) is 0 Å². The number of carbonyl (C=O) groups is 1. The van der Waals surface area contributed by atoms with Gasteiger partial charge < -0.3 is 10.2 Å². The van der Waals surface area contributed by atoms with Gasteiger partial charge in [-0.15, -0.1) is 0 Å². The van der Waals surface area contributed by atoms with Gasteiger partial charge in [0, 0.05) is 37.0 Å². The van der Waals surface area contributed by atoms with Crippen LogP contribution in [0.4, 0.5) is 10.2 Å². The lowest BCUT2D eigenvalue weighted by molar-refractivity contribution is -0.116. The third-order valence-electron chi connectivity index (χ3n) is 3.88. The Kier molecular flexibility index (Phi) is 4.99. The predicted molar refractivity (Wildman–Crippen MR) is 96.0 cm³/mol. The number of amides is 1. The highest BCUT2D eigenvalue weighted by Crippen LogP contribution is 2.26. The van der Waals surface area contributed by atoms with Gasteiger partial charge in [-0.2, -0.15) is 0 Å². The number of nitrogens with one attached hydrogen (secondary N) is 1. The highest BCUT2D eigenvalue weighted by atomic mass is 32.2. The molecule has 1 fully saturated rings. The van der Waals surface area contributed by atoms with Crippen LogP contribution in [0.2, 0.25) is 0 Å². The summed E-state index contributed by atoms with van der Waals surface area (Å²) in [5.74, 6) is 0.556. The zero-order valence-electron chi connectivity index (χ0n) is 13.3. The van der Waals surface area contributed by atoms with Crippen molar-refractivity contribution in [1.29, 1.82) is 0 Å². The van der Waals surface area contributed by atoms with E-state index >= 15 is 0 Å². The first-order valence-corrected chi connectivity index (χ1v) is 8.61. The highest BCUT2D eigenvalue weighted by Gasteiger charge is 2.23. The number of anilines is 1. The molecule has 2 aliphatic heterocycles. The van der Waals surface area contributed by atoms with Crippen LogP contribution < -0.4 is 10.2 Å². The van der Waals surface area contributed by atoms with Gasteiger partial charge in [-0.1, -0.05) is 24.9 Å². The van der Waals surface area contributed by atoms with Gasteiger partial charge >= 0.3 is 0 Å². The normalized spacial score (nSPS) is 24.7. The van der Waals surface area contributed by atoms with Gasteiger partial charge in [-0.3, -0.25) is 4.79 Å². The third kappa shape index (κ3) is 3.84. The van der Waals surface area contributed by atoms with Gasteiger partial charge in [0.25, 0.3) is 5.91 Å². The lowest BCUT2D eigenvalue weighted by Gasteiger charge is -2.16. The van der Waals surface area contributed by atoms with Gasteiger partial charge in [0.05, 0.1) is 11.4 Å². The van der Waals surface area contributed by atoms with Crippen LogP contribution in [-0.2, 0) is 4.79 Å². The number of nitrogens with zero attached hydrogens (tertiary/aromatic N) is 3. The van der Waals surface area contributed by atoms with Crippen LogP contribution in [0.5, 0.6) is 0 Å². The summed E-state index contributed by atoms with van der Waals surface area (Å²) < 4.78 is 13.3. The van der Waals surface area contributed by atoms with Gasteiger partial charge in [0.2, 0.25) is 0 Å². The fraction of sp³-hybridized carbons (Fsp3) is 0.353. The molecule has 3 rings (SSSR count). The molecular formula is C17H19FN4OS. The smallest absolute Gasteiger partial charge is 0.257 e. The Morgan fingerprint density at radius 2 is 2.21 bits per heavy atom. The quantitative estimate of drug-likeness (QED) is 0.837. The molecule has 126 valence electrons. The van der Waals surface area contributed by atoms with E-state index in [9.17, 15) is 9.18 Å². The van der Waals surface area contributed by atoms with E-state index < -0.39 is 6.17 Å². The molecule has 5 nitrogen and oxygen atoms in total. The number of rotatable bonds is 2. The monoisotopic (exact) mass is 346 g/mol. The minimum atomic E-state index is -0.786. The number of aliphatic imine (C=N–C) groups is 1. The number of halogens is 1. The first kappa shape index (κ1) is 16.7. The van der Waals surface area contributed by atoms with Crippen LogP contribution in [0.25, 0.3) is 0 Å². The van der Waals surface area contributed by atoms with Gasteiger partial charge in [-0.25, -0.2) is 14.4 Å². The van der Waals surface area contributed by atoms with Crippen LogP contribution in [-0.4, -0.2) is 41.7 Å². The molecule has 3 heterocycles. The van der Waals surface area contributed by atoms with Crippen molar-refractivity contribution >= 4 is 28.5 Å². The SMILES string of the molecule is C=C1CCNC(=O)C(=C)S/C(c2ccc(N3CC[C@H](F)C3)nc2)=N\1.